The van der Waals surface area contributed by atoms with E-state index in [1.807, 2.05) is 60.1 Å². The van der Waals surface area contributed by atoms with Crippen LogP contribution in [-0.2, 0) is 16.6 Å². The van der Waals surface area contributed by atoms with Gasteiger partial charge < -0.3 is 5.32 Å². The highest BCUT2D eigenvalue weighted by molar-refractivity contribution is 7.89. The zero-order chi connectivity index (χ0) is 23.0. The van der Waals surface area contributed by atoms with Gasteiger partial charge in [0.15, 0.2) is 5.65 Å². The van der Waals surface area contributed by atoms with Gasteiger partial charge in [-0.1, -0.05) is 30.3 Å². The third-order valence-electron chi connectivity index (χ3n) is 6.11. The van der Waals surface area contributed by atoms with Crippen molar-refractivity contribution in [2.75, 3.05) is 18.4 Å². The standard InChI is InChI=1S/C25H27N5O2S/c1-18-16-23(27-25-24(18)19(2)28-30(25)21-8-4-3-5-9-21)26-17-20-10-12-22(13-11-20)33(31,32)29-14-6-7-15-29/h3-5,8-13,16H,6-7,14-15,17H2,1-2H3,(H,26,27). The SMILES string of the molecule is Cc1cc(NCc2ccc(S(=O)(=O)N3CCCC3)cc2)nc2c1c(C)nn2-c1ccccc1. The highest BCUT2D eigenvalue weighted by Gasteiger charge is 2.26. The van der Waals surface area contributed by atoms with E-state index >= 15 is 0 Å². The average Bonchev–Trinajstić information content (AvgIpc) is 3.48. The Hall–Kier alpha value is -3.23. The Bertz CT molecular complexity index is 1390. The average molecular weight is 462 g/mol. The van der Waals surface area contributed by atoms with Crippen LogP contribution >= 0.6 is 0 Å². The molecule has 7 nitrogen and oxygen atoms in total. The first kappa shape index (κ1) is 21.6. The molecule has 5 rings (SSSR count). The van der Waals surface area contributed by atoms with Crippen molar-refractivity contribution in [2.24, 2.45) is 0 Å². The van der Waals surface area contributed by atoms with Crippen LogP contribution in [0.25, 0.3) is 16.7 Å². The van der Waals surface area contributed by atoms with Gasteiger partial charge in [0.1, 0.15) is 5.82 Å². The van der Waals surface area contributed by atoms with Crippen LogP contribution in [0.15, 0.2) is 65.6 Å². The monoisotopic (exact) mass is 461 g/mol. The van der Waals surface area contributed by atoms with Crippen LogP contribution in [0, 0.1) is 13.8 Å². The molecule has 1 fully saturated rings. The summed E-state index contributed by atoms with van der Waals surface area (Å²) in [6, 6.07) is 19.1. The molecule has 0 radical (unpaired) electrons. The van der Waals surface area contributed by atoms with Crippen molar-refractivity contribution in [1.82, 2.24) is 19.1 Å². The van der Waals surface area contributed by atoms with E-state index in [1.54, 1.807) is 16.4 Å². The maximum atomic E-state index is 12.7. The van der Waals surface area contributed by atoms with Crippen LogP contribution in [0.2, 0.25) is 0 Å². The van der Waals surface area contributed by atoms with Crippen LogP contribution in [0.5, 0.6) is 0 Å². The summed E-state index contributed by atoms with van der Waals surface area (Å²) in [5, 5.41) is 9.15. The third kappa shape index (κ3) is 4.12. The van der Waals surface area contributed by atoms with Gasteiger partial charge in [-0.15, -0.1) is 0 Å². The van der Waals surface area contributed by atoms with Crippen LogP contribution in [0.4, 0.5) is 5.82 Å². The van der Waals surface area contributed by atoms with E-state index in [2.05, 4.69) is 12.2 Å². The van der Waals surface area contributed by atoms with Gasteiger partial charge >= 0.3 is 0 Å². The molecular formula is C25H27N5O2S. The molecule has 3 heterocycles. The van der Waals surface area contributed by atoms with Crippen molar-refractivity contribution in [3.05, 3.63) is 77.5 Å². The molecule has 0 unspecified atom stereocenters. The number of rotatable bonds is 6. The smallest absolute Gasteiger partial charge is 0.243 e. The zero-order valence-electron chi connectivity index (χ0n) is 18.8. The van der Waals surface area contributed by atoms with Gasteiger partial charge in [-0.2, -0.15) is 9.40 Å². The first-order chi connectivity index (χ1) is 15.9. The van der Waals surface area contributed by atoms with Crippen molar-refractivity contribution in [3.8, 4) is 5.69 Å². The Morgan fingerprint density at radius 2 is 1.67 bits per heavy atom. The number of nitrogens with one attached hydrogen (secondary N) is 1. The lowest BCUT2D eigenvalue weighted by Crippen LogP contribution is -2.27. The van der Waals surface area contributed by atoms with Crippen LogP contribution in [0.3, 0.4) is 0 Å². The molecule has 1 aliphatic rings. The fourth-order valence-electron chi connectivity index (χ4n) is 4.39. The molecule has 33 heavy (non-hydrogen) atoms. The Kier molecular flexibility index (Phi) is 5.64. The molecule has 8 heteroatoms. The predicted octanol–water partition coefficient (Wildman–Crippen LogP) is 4.43. The number of sulfonamides is 1. The first-order valence-electron chi connectivity index (χ1n) is 11.2. The lowest BCUT2D eigenvalue weighted by atomic mass is 10.1. The summed E-state index contributed by atoms with van der Waals surface area (Å²) >= 11 is 0. The summed E-state index contributed by atoms with van der Waals surface area (Å²) in [6.07, 6.45) is 1.86. The summed E-state index contributed by atoms with van der Waals surface area (Å²) < 4.78 is 28.9. The molecule has 0 aliphatic carbocycles. The Morgan fingerprint density at radius 3 is 2.36 bits per heavy atom. The summed E-state index contributed by atoms with van der Waals surface area (Å²) in [7, 11) is -3.39. The van der Waals surface area contributed by atoms with Gasteiger partial charge in [0.25, 0.3) is 0 Å². The highest BCUT2D eigenvalue weighted by Crippen LogP contribution is 2.26. The number of aromatic nitrogens is 3. The maximum Gasteiger partial charge on any atom is 0.243 e. The molecule has 2 aromatic carbocycles. The van der Waals surface area contributed by atoms with Crippen molar-refractivity contribution in [2.45, 2.75) is 38.1 Å². The number of hydrogen-bond donors (Lipinski definition) is 1. The minimum absolute atomic E-state index is 0.353. The number of anilines is 1. The van der Waals surface area contributed by atoms with E-state index in [-0.39, 0.29) is 0 Å². The second-order valence-corrected chi connectivity index (χ2v) is 10.4. The van der Waals surface area contributed by atoms with E-state index < -0.39 is 10.0 Å². The van der Waals surface area contributed by atoms with E-state index in [9.17, 15) is 8.42 Å². The molecule has 4 aromatic rings. The molecule has 170 valence electrons. The third-order valence-corrected chi connectivity index (χ3v) is 8.02. The predicted molar refractivity (Wildman–Crippen MR) is 130 cm³/mol. The summed E-state index contributed by atoms with van der Waals surface area (Å²) in [5.74, 6) is 0.755. The second-order valence-electron chi connectivity index (χ2n) is 8.46. The van der Waals surface area contributed by atoms with E-state index in [0.717, 1.165) is 52.2 Å². The molecule has 0 spiro atoms. The molecular weight excluding hydrogens is 434 g/mol. The molecule has 0 saturated carbocycles. The quantitative estimate of drug-likeness (QED) is 0.459. The molecule has 1 aliphatic heterocycles. The topological polar surface area (TPSA) is 80.1 Å². The van der Waals surface area contributed by atoms with E-state index in [4.69, 9.17) is 10.1 Å². The van der Waals surface area contributed by atoms with Gasteiger partial charge in [0, 0.05) is 25.0 Å². The number of pyridine rings is 1. The Balaban J connectivity index is 1.38. The van der Waals surface area contributed by atoms with Crippen molar-refractivity contribution in [3.63, 3.8) is 0 Å². The van der Waals surface area contributed by atoms with Crippen LogP contribution in [-0.4, -0.2) is 40.6 Å². The summed E-state index contributed by atoms with van der Waals surface area (Å²) in [4.78, 5) is 5.20. The molecule has 1 saturated heterocycles. The highest BCUT2D eigenvalue weighted by atomic mass is 32.2. The minimum atomic E-state index is -3.39. The lowest BCUT2D eigenvalue weighted by molar-refractivity contribution is 0.477. The molecule has 0 amide bonds. The van der Waals surface area contributed by atoms with Gasteiger partial charge in [0.2, 0.25) is 10.0 Å². The van der Waals surface area contributed by atoms with Crippen molar-refractivity contribution >= 4 is 26.9 Å². The number of para-hydroxylation sites is 1. The number of benzene rings is 2. The molecule has 2 aromatic heterocycles. The van der Waals surface area contributed by atoms with Crippen molar-refractivity contribution in [1.29, 1.82) is 0 Å². The summed E-state index contributed by atoms with van der Waals surface area (Å²) in [6.45, 7) is 5.83. The molecule has 1 N–H and O–H groups in total. The lowest BCUT2D eigenvalue weighted by Gasteiger charge is -2.15. The van der Waals surface area contributed by atoms with E-state index in [1.165, 1.54) is 0 Å². The maximum absolute atomic E-state index is 12.7. The zero-order valence-corrected chi connectivity index (χ0v) is 19.6. The van der Waals surface area contributed by atoms with Crippen molar-refractivity contribution < 1.29 is 8.42 Å². The number of hydrogen-bond acceptors (Lipinski definition) is 5. The first-order valence-corrected chi connectivity index (χ1v) is 12.6. The largest absolute Gasteiger partial charge is 0.366 e. The molecule has 0 atom stereocenters. The molecule has 0 bridgehead atoms. The fraction of sp³-hybridized carbons (Fsp3) is 0.280. The number of aryl methyl sites for hydroxylation is 2. The minimum Gasteiger partial charge on any atom is -0.366 e. The fourth-order valence-corrected chi connectivity index (χ4v) is 5.91. The Morgan fingerprint density at radius 1 is 0.970 bits per heavy atom. The second kappa shape index (κ2) is 8.61. The number of nitrogens with zero attached hydrogens (tertiary/aromatic N) is 4. The van der Waals surface area contributed by atoms with Crippen LogP contribution in [0.1, 0.15) is 29.7 Å². The van der Waals surface area contributed by atoms with Crippen LogP contribution < -0.4 is 5.32 Å². The van der Waals surface area contributed by atoms with Gasteiger partial charge in [-0.05, 0) is 68.1 Å². The van der Waals surface area contributed by atoms with E-state index in [0.29, 0.717) is 24.5 Å². The van der Waals surface area contributed by atoms with Gasteiger partial charge in [0.05, 0.1) is 16.3 Å². The summed E-state index contributed by atoms with van der Waals surface area (Å²) in [5.41, 5.74) is 4.82. The van der Waals surface area contributed by atoms with Gasteiger partial charge in [-0.3, -0.25) is 0 Å². The Labute approximate surface area is 194 Å². The number of fused-ring (bicyclic) bond motifs is 1. The van der Waals surface area contributed by atoms with Gasteiger partial charge in [-0.25, -0.2) is 18.1 Å². The normalized spacial score (nSPS) is 14.7.